The predicted octanol–water partition coefficient (Wildman–Crippen LogP) is 3.52. The van der Waals surface area contributed by atoms with E-state index in [1.165, 1.54) is 20.0 Å². The zero-order valence-corrected chi connectivity index (χ0v) is 14.9. The largest absolute Gasteiger partial charge is 0.339 e. The van der Waals surface area contributed by atoms with Crippen molar-refractivity contribution in [1.82, 2.24) is 15.2 Å². The van der Waals surface area contributed by atoms with Crippen molar-refractivity contribution >= 4 is 40.5 Å². The molecule has 27 heavy (non-hydrogen) atoms. The molecule has 8 nitrogen and oxygen atoms in total. The maximum Gasteiger partial charge on any atom is 0.249 e. The minimum absolute atomic E-state index is 0.00970. The number of hydrogen-bond donors (Lipinski definition) is 3. The van der Waals surface area contributed by atoms with Crippen LogP contribution in [-0.4, -0.2) is 26.9 Å². The van der Waals surface area contributed by atoms with Crippen LogP contribution in [0.25, 0.3) is 0 Å². The van der Waals surface area contributed by atoms with E-state index < -0.39 is 0 Å². The highest BCUT2D eigenvalue weighted by molar-refractivity contribution is 5.95. The van der Waals surface area contributed by atoms with Gasteiger partial charge in [-0.05, 0) is 43.3 Å². The number of aromatic nitrogens is 3. The van der Waals surface area contributed by atoms with E-state index in [9.17, 15) is 9.59 Å². The molecule has 1 amide bonds. The summed E-state index contributed by atoms with van der Waals surface area (Å²) in [6.45, 7) is 2.97. The Labute approximate surface area is 156 Å². The summed E-state index contributed by atoms with van der Waals surface area (Å²) in [4.78, 5) is 26.9. The van der Waals surface area contributed by atoms with Crippen molar-refractivity contribution in [2.24, 2.45) is 0 Å². The van der Waals surface area contributed by atoms with Crippen molar-refractivity contribution in [2.45, 2.75) is 13.8 Å². The fourth-order valence-electron chi connectivity index (χ4n) is 2.35. The van der Waals surface area contributed by atoms with Gasteiger partial charge in [0.2, 0.25) is 11.9 Å². The molecule has 3 rings (SSSR count). The van der Waals surface area contributed by atoms with Crippen LogP contribution in [0.2, 0.25) is 0 Å². The van der Waals surface area contributed by atoms with Crippen molar-refractivity contribution < 1.29 is 9.59 Å². The van der Waals surface area contributed by atoms with E-state index in [1.807, 2.05) is 6.07 Å². The number of anilines is 5. The Bertz CT molecular complexity index is 972. The molecular formula is C19H18N6O2. The first-order valence-corrected chi connectivity index (χ1v) is 8.22. The maximum absolute atomic E-state index is 11.5. The maximum atomic E-state index is 11.5. The summed E-state index contributed by atoms with van der Waals surface area (Å²) in [6, 6.07) is 14.3. The van der Waals surface area contributed by atoms with Crippen molar-refractivity contribution in [3.05, 3.63) is 60.3 Å². The molecule has 0 atom stereocenters. The average Bonchev–Trinajstić information content (AvgIpc) is 2.63. The average molecular weight is 362 g/mol. The number of amides is 1. The van der Waals surface area contributed by atoms with Gasteiger partial charge in [-0.25, -0.2) is 0 Å². The number of hydrogen-bond acceptors (Lipinski definition) is 7. The molecule has 1 heterocycles. The molecule has 0 aliphatic carbocycles. The van der Waals surface area contributed by atoms with E-state index in [0.29, 0.717) is 23.0 Å². The highest BCUT2D eigenvalue weighted by atomic mass is 16.1. The van der Waals surface area contributed by atoms with E-state index in [0.717, 1.165) is 11.4 Å². The van der Waals surface area contributed by atoms with E-state index in [4.69, 9.17) is 0 Å². The summed E-state index contributed by atoms with van der Waals surface area (Å²) in [5.74, 6) is 0.665. The first kappa shape index (κ1) is 18.0. The lowest BCUT2D eigenvalue weighted by Gasteiger charge is -2.09. The van der Waals surface area contributed by atoms with Gasteiger partial charge in [0.25, 0.3) is 0 Å². The molecule has 1 aromatic heterocycles. The van der Waals surface area contributed by atoms with Crippen LogP contribution in [0.15, 0.2) is 54.7 Å². The normalized spacial score (nSPS) is 10.1. The van der Waals surface area contributed by atoms with Crippen LogP contribution in [0.4, 0.5) is 28.8 Å². The van der Waals surface area contributed by atoms with E-state index in [-0.39, 0.29) is 11.7 Å². The number of Topliss-reactive ketones (excluding diaryl/α,β-unsaturated/α-hetero) is 1. The van der Waals surface area contributed by atoms with Gasteiger partial charge in [0, 0.05) is 29.5 Å². The van der Waals surface area contributed by atoms with Crippen LogP contribution in [0.5, 0.6) is 0 Å². The second-order valence-corrected chi connectivity index (χ2v) is 5.81. The number of nitrogens with one attached hydrogen (secondary N) is 3. The molecule has 0 unspecified atom stereocenters. The Morgan fingerprint density at radius 3 is 2.33 bits per heavy atom. The number of nitrogens with zero attached hydrogens (tertiary/aromatic N) is 3. The molecule has 8 heteroatoms. The topological polar surface area (TPSA) is 109 Å². The van der Waals surface area contributed by atoms with E-state index in [2.05, 4.69) is 31.1 Å². The van der Waals surface area contributed by atoms with Gasteiger partial charge in [-0.1, -0.05) is 12.1 Å². The third kappa shape index (κ3) is 5.08. The van der Waals surface area contributed by atoms with Gasteiger partial charge >= 0.3 is 0 Å². The van der Waals surface area contributed by atoms with Gasteiger partial charge in [-0.3, -0.25) is 9.59 Å². The second-order valence-electron chi connectivity index (χ2n) is 5.81. The minimum Gasteiger partial charge on any atom is -0.339 e. The number of rotatable bonds is 6. The van der Waals surface area contributed by atoms with Gasteiger partial charge in [0.05, 0.1) is 6.20 Å². The Morgan fingerprint density at radius 2 is 1.63 bits per heavy atom. The van der Waals surface area contributed by atoms with Gasteiger partial charge < -0.3 is 16.0 Å². The van der Waals surface area contributed by atoms with Gasteiger partial charge in [-0.15, -0.1) is 5.10 Å². The Kier molecular flexibility index (Phi) is 5.36. The molecule has 3 aromatic rings. The van der Waals surface area contributed by atoms with Crippen LogP contribution in [0.3, 0.4) is 0 Å². The standard InChI is InChI=1S/C19H18N6O2/c1-12(26)14-4-3-5-17(10-14)22-18-11-20-25-19(24-18)23-16-8-6-15(7-9-16)21-13(2)27/h3-11H,1-2H3,(H,21,27)(H2,22,23,24,25). The quantitative estimate of drug-likeness (QED) is 0.576. The van der Waals surface area contributed by atoms with Crippen LogP contribution in [-0.2, 0) is 4.79 Å². The summed E-state index contributed by atoms with van der Waals surface area (Å²) in [7, 11) is 0. The molecule has 2 aromatic carbocycles. The van der Waals surface area contributed by atoms with Gasteiger partial charge in [0.15, 0.2) is 11.6 Å². The molecule has 0 saturated carbocycles. The summed E-state index contributed by atoms with van der Waals surface area (Å²) in [6.07, 6.45) is 1.49. The second kappa shape index (κ2) is 8.05. The minimum atomic E-state index is -0.129. The van der Waals surface area contributed by atoms with Gasteiger partial charge in [0.1, 0.15) is 0 Å². The van der Waals surface area contributed by atoms with Crippen molar-refractivity contribution in [2.75, 3.05) is 16.0 Å². The number of carbonyl (C=O) groups is 2. The smallest absolute Gasteiger partial charge is 0.249 e. The predicted molar refractivity (Wildman–Crippen MR) is 104 cm³/mol. The van der Waals surface area contributed by atoms with Crippen LogP contribution < -0.4 is 16.0 Å². The molecule has 136 valence electrons. The molecule has 0 aliphatic rings. The third-order valence-electron chi connectivity index (χ3n) is 3.56. The zero-order valence-electron chi connectivity index (χ0n) is 14.9. The monoisotopic (exact) mass is 362 g/mol. The molecule has 0 fully saturated rings. The Morgan fingerprint density at radius 1 is 0.889 bits per heavy atom. The molecule has 0 radical (unpaired) electrons. The molecule has 0 bridgehead atoms. The fraction of sp³-hybridized carbons (Fsp3) is 0.105. The SMILES string of the molecule is CC(=O)Nc1ccc(Nc2nncc(Nc3cccc(C(C)=O)c3)n2)cc1. The number of ketones is 1. The van der Waals surface area contributed by atoms with E-state index >= 15 is 0 Å². The molecule has 0 spiro atoms. The van der Waals surface area contributed by atoms with Gasteiger partial charge in [-0.2, -0.15) is 10.1 Å². The number of benzene rings is 2. The lowest BCUT2D eigenvalue weighted by atomic mass is 10.1. The van der Waals surface area contributed by atoms with Crippen molar-refractivity contribution in [3.63, 3.8) is 0 Å². The Hall–Kier alpha value is -3.81. The lowest BCUT2D eigenvalue weighted by molar-refractivity contribution is -0.114. The van der Waals surface area contributed by atoms with Crippen molar-refractivity contribution in [3.8, 4) is 0 Å². The fourth-order valence-corrected chi connectivity index (χ4v) is 2.35. The zero-order chi connectivity index (χ0) is 19.2. The summed E-state index contributed by atoms with van der Waals surface area (Å²) in [5.41, 5.74) is 2.79. The highest BCUT2D eigenvalue weighted by Crippen LogP contribution is 2.19. The first-order chi connectivity index (χ1) is 13.0. The van der Waals surface area contributed by atoms with Crippen LogP contribution in [0, 0.1) is 0 Å². The van der Waals surface area contributed by atoms with Crippen LogP contribution in [0.1, 0.15) is 24.2 Å². The molecular weight excluding hydrogens is 344 g/mol. The molecule has 0 aliphatic heterocycles. The molecule has 0 saturated heterocycles. The highest BCUT2D eigenvalue weighted by Gasteiger charge is 2.05. The van der Waals surface area contributed by atoms with E-state index in [1.54, 1.807) is 42.5 Å². The van der Waals surface area contributed by atoms with Crippen LogP contribution >= 0.6 is 0 Å². The molecule has 3 N–H and O–H groups in total. The summed E-state index contributed by atoms with van der Waals surface area (Å²) in [5, 5.41) is 16.7. The number of carbonyl (C=O) groups excluding carboxylic acids is 2. The Balaban J connectivity index is 1.71. The first-order valence-electron chi connectivity index (χ1n) is 8.22. The van der Waals surface area contributed by atoms with Crippen molar-refractivity contribution in [1.29, 1.82) is 0 Å². The summed E-state index contributed by atoms with van der Waals surface area (Å²) >= 11 is 0. The summed E-state index contributed by atoms with van der Waals surface area (Å²) < 4.78 is 0. The third-order valence-corrected chi connectivity index (χ3v) is 3.56. The lowest BCUT2D eigenvalue weighted by Crippen LogP contribution is -2.06.